The van der Waals surface area contributed by atoms with Crippen molar-refractivity contribution < 1.29 is 18.1 Å². The highest BCUT2D eigenvalue weighted by molar-refractivity contribution is 9.10. The zero-order valence-electron chi connectivity index (χ0n) is 22.7. The first kappa shape index (κ1) is 30.2. The maximum Gasteiger partial charge on any atom is 0.280 e. The van der Waals surface area contributed by atoms with Gasteiger partial charge in [0.05, 0.1) is 26.3 Å². The molecule has 0 spiro atoms. The SMILES string of the molecule is CCN(Cc1ccccc1)S(=O)(=O)c1ccc(C(=O)N(/N=C/c2ccc([N+](=O)[O-])cc2)c2nc3ccc(Br)cc3s2)cc1. The standard InChI is InChI=1S/C30H24BrN5O5S2/c1-2-34(20-22-6-4-3-5-7-22)43(40,41)26-15-10-23(11-16-26)29(37)35(30-33-27-17-12-24(31)18-28(27)42-30)32-19-21-8-13-25(14-9-21)36(38)39/h3-19H,2,20H2,1H3/b32-19+. The van der Waals surface area contributed by atoms with Gasteiger partial charge in [-0.15, -0.1) is 0 Å². The maximum atomic E-state index is 13.8. The molecule has 0 saturated carbocycles. The number of non-ortho nitro benzene ring substituents is 1. The monoisotopic (exact) mass is 677 g/mol. The summed E-state index contributed by atoms with van der Waals surface area (Å²) in [5, 5.41) is 16.8. The first-order valence-electron chi connectivity index (χ1n) is 13.0. The summed E-state index contributed by atoms with van der Waals surface area (Å²) in [5.74, 6) is -0.531. The lowest BCUT2D eigenvalue weighted by Crippen LogP contribution is -2.30. The van der Waals surface area contributed by atoms with Crippen molar-refractivity contribution in [3.8, 4) is 0 Å². The number of amides is 1. The van der Waals surface area contributed by atoms with Crippen molar-refractivity contribution in [2.24, 2.45) is 5.10 Å². The number of carbonyl (C=O) groups excluding carboxylic acids is 1. The first-order chi connectivity index (χ1) is 20.7. The summed E-state index contributed by atoms with van der Waals surface area (Å²) in [6, 6.07) is 26.3. The highest BCUT2D eigenvalue weighted by Crippen LogP contribution is 2.32. The maximum absolute atomic E-state index is 13.8. The van der Waals surface area contributed by atoms with Crippen LogP contribution in [0.3, 0.4) is 0 Å². The van der Waals surface area contributed by atoms with E-state index in [4.69, 9.17) is 0 Å². The van der Waals surface area contributed by atoms with E-state index in [-0.39, 0.29) is 29.2 Å². The van der Waals surface area contributed by atoms with Crippen molar-refractivity contribution in [1.82, 2.24) is 9.29 Å². The Bertz CT molecular complexity index is 1910. The Hall–Kier alpha value is -4.30. The van der Waals surface area contributed by atoms with Gasteiger partial charge in [-0.2, -0.15) is 14.4 Å². The third kappa shape index (κ3) is 6.86. The largest absolute Gasteiger partial charge is 0.280 e. The number of hydrazone groups is 1. The van der Waals surface area contributed by atoms with Crippen LogP contribution in [0, 0.1) is 10.1 Å². The molecule has 10 nitrogen and oxygen atoms in total. The number of nitrogens with zero attached hydrogens (tertiary/aromatic N) is 5. The molecule has 13 heteroatoms. The second-order valence-corrected chi connectivity index (χ2v) is 13.1. The molecular formula is C30H24BrN5O5S2. The van der Waals surface area contributed by atoms with E-state index in [1.165, 1.54) is 70.4 Å². The minimum Gasteiger partial charge on any atom is -0.267 e. The fraction of sp³-hybridized carbons (Fsp3) is 0.100. The van der Waals surface area contributed by atoms with Crippen LogP contribution in [0.4, 0.5) is 10.8 Å². The number of thiazole rings is 1. The van der Waals surface area contributed by atoms with Crippen molar-refractivity contribution in [3.63, 3.8) is 0 Å². The van der Waals surface area contributed by atoms with E-state index in [1.54, 1.807) is 6.92 Å². The van der Waals surface area contributed by atoms with E-state index in [1.807, 2.05) is 48.5 Å². The molecule has 0 N–H and O–H groups in total. The summed E-state index contributed by atoms with van der Waals surface area (Å²) in [6.45, 7) is 2.27. The Labute approximate surface area is 260 Å². The number of sulfonamides is 1. The molecule has 4 aromatic carbocycles. The molecule has 0 atom stereocenters. The van der Waals surface area contributed by atoms with Crippen LogP contribution in [0.5, 0.6) is 0 Å². The first-order valence-corrected chi connectivity index (χ1v) is 16.0. The van der Waals surface area contributed by atoms with Crippen molar-refractivity contribution in [2.75, 3.05) is 11.6 Å². The average molecular weight is 679 g/mol. The van der Waals surface area contributed by atoms with Crippen LogP contribution in [0.2, 0.25) is 0 Å². The zero-order chi connectivity index (χ0) is 30.6. The number of anilines is 1. The molecule has 218 valence electrons. The van der Waals surface area contributed by atoms with Gasteiger partial charge in [0.25, 0.3) is 11.6 Å². The molecule has 43 heavy (non-hydrogen) atoms. The molecule has 0 aliphatic heterocycles. The molecule has 0 aliphatic carbocycles. The summed E-state index contributed by atoms with van der Waals surface area (Å²) in [4.78, 5) is 28.9. The smallest absolute Gasteiger partial charge is 0.267 e. The number of halogens is 1. The van der Waals surface area contributed by atoms with Crippen molar-refractivity contribution in [3.05, 3.63) is 128 Å². The molecule has 1 heterocycles. The summed E-state index contributed by atoms with van der Waals surface area (Å²) in [5.41, 5.74) is 2.20. The third-order valence-corrected chi connectivity index (χ3v) is 9.85. The van der Waals surface area contributed by atoms with Crippen LogP contribution in [0.25, 0.3) is 10.2 Å². The molecule has 0 fully saturated rings. The molecule has 0 radical (unpaired) electrons. The van der Waals surface area contributed by atoms with E-state index in [2.05, 4.69) is 26.0 Å². The number of rotatable bonds is 10. The summed E-state index contributed by atoms with van der Waals surface area (Å²) >= 11 is 4.70. The Balaban J connectivity index is 1.45. The molecule has 0 unspecified atom stereocenters. The predicted octanol–water partition coefficient (Wildman–Crippen LogP) is 6.86. The molecule has 5 aromatic rings. The number of nitro groups is 1. The molecule has 5 rings (SSSR count). The lowest BCUT2D eigenvalue weighted by molar-refractivity contribution is -0.384. The Morgan fingerprint density at radius 3 is 2.37 bits per heavy atom. The average Bonchev–Trinajstić information content (AvgIpc) is 3.43. The topological polar surface area (TPSA) is 126 Å². The van der Waals surface area contributed by atoms with E-state index in [0.717, 1.165) is 19.7 Å². The van der Waals surface area contributed by atoms with Gasteiger partial charge < -0.3 is 0 Å². The number of hydrogen-bond donors (Lipinski definition) is 0. The fourth-order valence-corrected chi connectivity index (χ4v) is 7.08. The predicted molar refractivity (Wildman–Crippen MR) is 171 cm³/mol. The quantitative estimate of drug-likeness (QED) is 0.0903. The number of carbonyl (C=O) groups is 1. The molecular weight excluding hydrogens is 654 g/mol. The van der Waals surface area contributed by atoms with E-state index < -0.39 is 20.9 Å². The number of nitro benzene ring substituents is 1. The van der Waals surface area contributed by atoms with E-state index in [0.29, 0.717) is 16.2 Å². The summed E-state index contributed by atoms with van der Waals surface area (Å²) in [6.07, 6.45) is 1.41. The van der Waals surface area contributed by atoms with Gasteiger partial charge >= 0.3 is 0 Å². The van der Waals surface area contributed by atoms with Crippen LogP contribution in [-0.2, 0) is 16.6 Å². The highest BCUT2D eigenvalue weighted by Gasteiger charge is 2.25. The van der Waals surface area contributed by atoms with Crippen molar-refractivity contribution >= 4 is 70.4 Å². The molecule has 0 aliphatic rings. The second-order valence-electron chi connectivity index (χ2n) is 9.26. The fourth-order valence-electron chi connectivity index (χ4n) is 4.17. The number of aromatic nitrogens is 1. The van der Waals surface area contributed by atoms with E-state index >= 15 is 0 Å². The Kier molecular flexibility index (Phi) is 9.06. The lowest BCUT2D eigenvalue weighted by atomic mass is 10.2. The normalized spacial score (nSPS) is 11.8. The molecule has 0 bridgehead atoms. The highest BCUT2D eigenvalue weighted by atomic mass is 79.9. The number of fused-ring (bicyclic) bond motifs is 1. The van der Waals surface area contributed by atoms with Crippen LogP contribution in [0.1, 0.15) is 28.4 Å². The van der Waals surface area contributed by atoms with Gasteiger partial charge in [-0.25, -0.2) is 13.4 Å². The van der Waals surface area contributed by atoms with E-state index in [9.17, 15) is 23.3 Å². The number of benzene rings is 4. The van der Waals surface area contributed by atoms with Gasteiger partial charge in [-0.1, -0.05) is 64.5 Å². The Morgan fingerprint density at radius 1 is 1.02 bits per heavy atom. The van der Waals surface area contributed by atoms with Gasteiger partial charge in [0.15, 0.2) is 0 Å². The van der Waals surface area contributed by atoms with Gasteiger partial charge in [0, 0.05) is 35.3 Å². The zero-order valence-corrected chi connectivity index (χ0v) is 25.9. The number of hydrogen-bond acceptors (Lipinski definition) is 8. The van der Waals surface area contributed by atoms with Crippen LogP contribution < -0.4 is 5.01 Å². The van der Waals surface area contributed by atoms with Gasteiger partial charge in [-0.05, 0) is 65.7 Å². The third-order valence-electron chi connectivity index (χ3n) is 6.43. The van der Waals surface area contributed by atoms with Crippen LogP contribution in [0.15, 0.2) is 112 Å². The van der Waals surface area contributed by atoms with Crippen LogP contribution in [-0.4, -0.2) is 41.3 Å². The lowest BCUT2D eigenvalue weighted by Gasteiger charge is -2.21. The molecule has 1 amide bonds. The van der Waals surface area contributed by atoms with Crippen LogP contribution >= 0.6 is 27.3 Å². The summed E-state index contributed by atoms with van der Waals surface area (Å²) in [7, 11) is -3.83. The van der Waals surface area contributed by atoms with Gasteiger partial charge in [-0.3, -0.25) is 14.9 Å². The van der Waals surface area contributed by atoms with Crippen molar-refractivity contribution in [1.29, 1.82) is 0 Å². The minimum atomic E-state index is -3.83. The second kappa shape index (κ2) is 12.9. The minimum absolute atomic E-state index is 0.0626. The van der Waals surface area contributed by atoms with Gasteiger partial charge in [0.2, 0.25) is 15.2 Å². The molecule has 0 saturated heterocycles. The van der Waals surface area contributed by atoms with Crippen molar-refractivity contribution in [2.45, 2.75) is 18.4 Å². The molecule has 1 aromatic heterocycles. The Morgan fingerprint density at radius 2 is 1.72 bits per heavy atom. The summed E-state index contributed by atoms with van der Waals surface area (Å²) < 4.78 is 29.9. The van der Waals surface area contributed by atoms with Gasteiger partial charge in [0.1, 0.15) is 0 Å².